The molecule has 1 saturated carbocycles. The SMILES string of the molecule is Cc1coc(SCCCCC(C)(NC2CC2)C(N)=O)n1. The van der Waals surface area contributed by atoms with Gasteiger partial charge in [0.2, 0.25) is 5.91 Å². The van der Waals surface area contributed by atoms with Crippen LogP contribution >= 0.6 is 11.8 Å². The number of thioether (sulfide) groups is 1. The Morgan fingerprint density at radius 1 is 1.60 bits per heavy atom. The zero-order valence-corrected chi connectivity index (χ0v) is 13.0. The molecule has 5 nitrogen and oxygen atoms in total. The second-order valence-electron chi connectivity index (χ2n) is 5.68. The number of carbonyl (C=O) groups is 1. The summed E-state index contributed by atoms with van der Waals surface area (Å²) < 4.78 is 5.28. The van der Waals surface area contributed by atoms with E-state index in [-0.39, 0.29) is 5.91 Å². The molecule has 1 aliphatic rings. The highest BCUT2D eigenvalue weighted by molar-refractivity contribution is 7.99. The first-order valence-corrected chi connectivity index (χ1v) is 8.11. The fourth-order valence-electron chi connectivity index (χ4n) is 2.08. The normalized spacial score (nSPS) is 17.9. The van der Waals surface area contributed by atoms with Gasteiger partial charge in [-0.1, -0.05) is 18.2 Å². The first-order chi connectivity index (χ1) is 9.49. The second kappa shape index (κ2) is 6.63. The van der Waals surface area contributed by atoms with Crippen LogP contribution in [-0.4, -0.2) is 28.2 Å². The quantitative estimate of drug-likeness (QED) is 0.539. The standard InChI is InChI=1S/C14H23N3O2S/c1-10-9-19-13(16-10)20-8-4-3-7-14(2,12(15)18)17-11-5-6-11/h9,11,17H,3-8H2,1-2H3,(H2,15,18). The summed E-state index contributed by atoms with van der Waals surface area (Å²) in [7, 11) is 0. The summed E-state index contributed by atoms with van der Waals surface area (Å²) in [6.07, 6.45) is 6.73. The molecule has 0 spiro atoms. The number of nitrogens with one attached hydrogen (secondary N) is 1. The lowest BCUT2D eigenvalue weighted by Gasteiger charge is -2.27. The number of nitrogens with zero attached hydrogens (tertiary/aromatic N) is 1. The highest BCUT2D eigenvalue weighted by Gasteiger charge is 2.36. The number of nitrogens with two attached hydrogens (primary N) is 1. The van der Waals surface area contributed by atoms with Crippen molar-refractivity contribution in [1.82, 2.24) is 10.3 Å². The Kier molecular flexibility index (Phi) is 5.10. The van der Waals surface area contributed by atoms with Crippen LogP contribution in [0.15, 0.2) is 15.9 Å². The summed E-state index contributed by atoms with van der Waals surface area (Å²) in [5, 5.41) is 4.09. The molecule has 0 radical (unpaired) electrons. The number of aryl methyl sites for hydroxylation is 1. The summed E-state index contributed by atoms with van der Waals surface area (Å²) in [5.41, 5.74) is 5.86. The molecule has 1 amide bonds. The van der Waals surface area contributed by atoms with Crippen molar-refractivity contribution in [3.63, 3.8) is 0 Å². The molecular formula is C14H23N3O2S. The molecule has 0 aliphatic heterocycles. The van der Waals surface area contributed by atoms with Gasteiger partial charge in [-0.25, -0.2) is 4.98 Å². The highest BCUT2D eigenvalue weighted by Crippen LogP contribution is 2.26. The van der Waals surface area contributed by atoms with E-state index in [4.69, 9.17) is 10.2 Å². The molecule has 0 saturated heterocycles. The summed E-state index contributed by atoms with van der Waals surface area (Å²) >= 11 is 1.61. The number of primary amides is 1. The third-order valence-corrected chi connectivity index (χ3v) is 4.47. The van der Waals surface area contributed by atoms with Crippen molar-refractivity contribution in [3.05, 3.63) is 12.0 Å². The van der Waals surface area contributed by atoms with Crippen LogP contribution < -0.4 is 11.1 Å². The number of hydrogen-bond donors (Lipinski definition) is 2. The number of rotatable bonds is 9. The molecule has 112 valence electrons. The molecule has 1 fully saturated rings. The van der Waals surface area contributed by atoms with Gasteiger partial charge >= 0.3 is 0 Å². The first-order valence-electron chi connectivity index (χ1n) is 7.12. The minimum absolute atomic E-state index is 0.250. The lowest BCUT2D eigenvalue weighted by atomic mass is 9.94. The van der Waals surface area contributed by atoms with Crippen molar-refractivity contribution in [1.29, 1.82) is 0 Å². The van der Waals surface area contributed by atoms with Crippen molar-refractivity contribution in [3.8, 4) is 0 Å². The van der Waals surface area contributed by atoms with E-state index in [9.17, 15) is 4.79 Å². The Labute approximate surface area is 124 Å². The average molecular weight is 297 g/mol. The summed E-state index contributed by atoms with van der Waals surface area (Å²) in [5.74, 6) is 0.693. The van der Waals surface area contributed by atoms with Gasteiger partial charge in [0.25, 0.3) is 5.22 Å². The van der Waals surface area contributed by atoms with Crippen molar-refractivity contribution < 1.29 is 9.21 Å². The van der Waals surface area contributed by atoms with E-state index in [0.717, 1.165) is 48.8 Å². The van der Waals surface area contributed by atoms with Crippen LogP contribution in [0.3, 0.4) is 0 Å². The first kappa shape index (κ1) is 15.4. The van der Waals surface area contributed by atoms with Crippen molar-refractivity contribution in [2.75, 3.05) is 5.75 Å². The molecule has 6 heteroatoms. The van der Waals surface area contributed by atoms with Gasteiger partial charge in [0.05, 0.1) is 11.2 Å². The number of aromatic nitrogens is 1. The van der Waals surface area contributed by atoms with Crippen molar-refractivity contribution in [2.24, 2.45) is 5.73 Å². The monoisotopic (exact) mass is 297 g/mol. The molecule has 0 aromatic carbocycles. The Bertz CT molecular complexity index is 459. The zero-order chi connectivity index (χ0) is 14.6. The van der Waals surface area contributed by atoms with Gasteiger partial charge in [0.1, 0.15) is 6.26 Å². The molecule has 1 aromatic rings. The molecule has 1 atom stereocenters. The number of amides is 1. The van der Waals surface area contributed by atoms with Gasteiger partial charge in [-0.2, -0.15) is 0 Å². The summed E-state index contributed by atoms with van der Waals surface area (Å²) in [6, 6.07) is 0.483. The van der Waals surface area contributed by atoms with Crippen molar-refractivity contribution in [2.45, 2.75) is 62.8 Å². The molecule has 2 rings (SSSR count). The fourth-order valence-corrected chi connectivity index (χ4v) is 2.93. The predicted octanol–water partition coefficient (Wildman–Crippen LogP) is 2.24. The Morgan fingerprint density at radius 3 is 2.90 bits per heavy atom. The maximum Gasteiger partial charge on any atom is 0.255 e. The molecule has 1 aliphatic carbocycles. The second-order valence-corrected chi connectivity index (χ2v) is 6.72. The van der Waals surface area contributed by atoms with E-state index < -0.39 is 5.54 Å². The topological polar surface area (TPSA) is 81.1 Å². The molecule has 20 heavy (non-hydrogen) atoms. The molecule has 3 N–H and O–H groups in total. The Hall–Kier alpha value is -1.01. The van der Waals surface area contributed by atoms with E-state index >= 15 is 0 Å². The van der Waals surface area contributed by atoms with E-state index in [0.29, 0.717) is 6.04 Å². The van der Waals surface area contributed by atoms with Gasteiger partial charge in [-0.3, -0.25) is 4.79 Å². The Balaban J connectivity index is 1.66. The largest absolute Gasteiger partial charge is 0.440 e. The maximum atomic E-state index is 11.6. The van der Waals surface area contributed by atoms with E-state index in [1.54, 1.807) is 18.0 Å². The molecule has 0 bridgehead atoms. The number of unbranched alkanes of at least 4 members (excludes halogenated alkanes) is 1. The van der Waals surface area contributed by atoms with Crippen LogP contribution in [0.25, 0.3) is 0 Å². The summed E-state index contributed by atoms with van der Waals surface area (Å²) in [6.45, 7) is 3.83. The van der Waals surface area contributed by atoms with Crippen LogP contribution in [0, 0.1) is 6.92 Å². The van der Waals surface area contributed by atoms with Gasteiger partial charge in [0, 0.05) is 11.8 Å². The lowest BCUT2D eigenvalue weighted by molar-refractivity contribution is -0.124. The van der Waals surface area contributed by atoms with Gasteiger partial charge in [-0.15, -0.1) is 0 Å². The number of oxazole rings is 1. The summed E-state index contributed by atoms with van der Waals surface area (Å²) in [4.78, 5) is 15.8. The van der Waals surface area contributed by atoms with Gasteiger partial charge in [0.15, 0.2) is 0 Å². The number of hydrogen-bond acceptors (Lipinski definition) is 5. The van der Waals surface area contributed by atoms with Crippen LogP contribution in [0.5, 0.6) is 0 Å². The molecule has 1 aromatic heterocycles. The van der Waals surface area contributed by atoms with Gasteiger partial charge < -0.3 is 15.5 Å². The highest BCUT2D eigenvalue weighted by atomic mass is 32.2. The smallest absolute Gasteiger partial charge is 0.255 e. The molecule has 1 unspecified atom stereocenters. The zero-order valence-electron chi connectivity index (χ0n) is 12.1. The van der Waals surface area contributed by atoms with E-state index in [2.05, 4.69) is 10.3 Å². The van der Waals surface area contributed by atoms with Crippen LogP contribution in [0.1, 0.15) is 44.7 Å². The maximum absolute atomic E-state index is 11.6. The molecular weight excluding hydrogens is 274 g/mol. The van der Waals surface area contributed by atoms with Crippen LogP contribution in [0.2, 0.25) is 0 Å². The molecule has 1 heterocycles. The van der Waals surface area contributed by atoms with E-state index in [1.165, 1.54) is 0 Å². The Morgan fingerprint density at radius 2 is 2.35 bits per heavy atom. The van der Waals surface area contributed by atoms with Crippen LogP contribution in [0.4, 0.5) is 0 Å². The minimum atomic E-state index is -0.564. The van der Waals surface area contributed by atoms with Crippen LogP contribution in [-0.2, 0) is 4.79 Å². The average Bonchev–Trinajstić information content (AvgIpc) is 3.09. The third kappa shape index (κ3) is 4.52. The number of carbonyl (C=O) groups excluding carboxylic acids is 1. The van der Waals surface area contributed by atoms with Crippen molar-refractivity contribution >= 4 is 17.7 Å². The predicted molar refractivity (Wildman–Crippen MR) is 79.6 cm³/mol. The fraction of sp³-hybridized carbons (Fsp3) is 0.714. The van der Waals surface area contributed by atoms with Gasteiger partial charge in [-0.05, 0) is 39.5 Å². The van der Waals surface area contributed by atoms with E-state index in [1.807, 2.05) is 13.8 Å². The minimum Gasteiger partial charge on any atom is -0.440 e. The lowest BCUT2D eigenvalue weighted by Crippen LogP contribution is -2.53. The third-order valence-electron chi connectivity index (χ3n) is 3.54.